The molecule has 20 heavy (non-hydrogen) atoms. The second kappa shape index (κ2) is 4.90. The summed E-state index contributed by atoms with van der Waals surface area (Å²) in [6, 6.07) is 7.28. The van der Waals surface area contributed by atoms with Gasteiger partial charge in [0.25, 0.3) is 5.91 Å². The Morgan fingerprint density at radius 2 is 1.85 bits per heavy atom. The van der Waals surface area contributed by atoms with Gasteiger partial charge in [0.15, 0.2) is 0 Å². The van der Waals surface area contributed by atoms with E-state index in [4.69, 9.17) is 5.73 Å². The van der Waals surface area contributed by atoms with Gasteiger partial charge in [-0.3, -0.25) is 9.78 Å². The van der Waals surface area contributed by atoms with Gasteiger partial charge in [0.05, 0.1) is 10.9 Å². The predicted octanol–water partition coefficient (Wildman–Crippen LogP) is 0.731. The summed E-state index contributed by atoms with van der Waals surface area (Å²) in [4.78, 5) is 25.6. The van der Waals surface area contributed by atoms with E-state index in [0.717, 1.165) is 15.0 Å². The molecule has 2 heterocycles. The maximum absolute atomic E-state index is 12.1. The van der Waals surface area contributed by atoms with E-state index in [9.17, 15) is 4.79 Å². The van der Waals surface area contributed by atoms with E-state index in [1.165, 1.54) is 11.8 Å². The number of nitrogens with zero attached hydrogens (tertiary/aromatic N) is 3. The number of aromatic nitrogens is 1. The first-order valence-corrected chi connectivity index (χ1v) is 6.64. The van der Waals surface area contributed by atoms with Crippen LogP contribution >= 0.6 is 11.8 Å². The Balaban J connectivity index is 2.18. The summed E-state index contributed by atoms with van der Waals surface area (Å²) in [6.45, 7) is 3.97. The molecule has 0 radical (unpaired) electrons. The van der Waals surface area contributed by atoms with Crippen LogP contribution in [0.5, 0.6) is 0 Å². The molecule has 0 unspecified atom stereocenters. The van der Waals surface area contributed by atoms with Crippen LogP contribution in [0.2, 0.25) is 0 Å². The van der Waals surface area contributed by atoms with Gasteiger partial charge in [-0.05, 0) is 23.4 Å². The molecule has 0 aliphatic carbocycles. The largest absolute Gasteiger partial charge is 0.368 e. The summed E-state index contributed by atoms with van der Waals surface area (Å²) in [6.07, 6.45) is 3.39. The maximum Gasteiger partial charge on any atom is 0.283 e. The smallest absolute Gasteiger partial charge is 0.283 e. The highest BCUT2D eigenvalue weighted by Gasteiger charge is 2.19. The molecule has 0 spiro atoms. The molecule has 0 saturated heterocycles. The van der Waals surface area contributed by atoms with Crippen molar-refractivity contribution in [3.05, 3.63) is 52.8 Å². The first-order valence-electron chi connectivity index (χ1n) is 5.82. The summed E-state index contributed by atoms with van der Waals surface area (Å²) < 4.78 is 0. The van der Waals surface area contributed by atoms with Crippen molar-refractivity contribution in [2.75, 3.05) is 0 Å². The zero-order chi connectivity index (χ0) is 14.1. The highest BCUT2D eigenvalue weighted by molar-refractivity contribution is 7.99. The summed E-state index contributed by atoms with van der Waals surface area (Å²) >= 11 is 1.44. The van der Waals surface area contributed by atoms with Crippen LogP contribution in [0, 0.1) is 0 Å². The molecule has 0 bridgehead atoms. The van der Waals surface area contributed by atoms with Gasteiger partial charge < -0.3 is 5.73 Å². The van der Waals surface area contributed by atoms with E-state index < -0.39 is 0 Å². The number of carbonyl (C=O) groups is 1. The van der Waals surface area contributed by atoms with E-state index in [2.05, 4.69) is 21.5 Å². The van der Waals surface area contributed by atoms with Crippen molar-refractivity contribution < 1.29 is 4.79 Å². The third-order valence-electron chi connectivity index (χ3n) is 2.75. The van der Waals surface area contributed by atoms with Gasteiger partial charge in [-0.1, -0.05) is 24.4 Å². The van der Waals surface area contributed by atoms with Crippen LogP contribution in [0.4, 0.5) is 0 Å². The van der Waals surface area contributed by atoms with Gasteiger partial charge >= 0.3 is 0 Å². The van der Waals surface area contributed by atoms with Crippen LogP contribution in [0.3, 0.4) is 0 Å². The number of aliphatic imine (C=N–C) groups is 1. The first kappa shape index (κ1) is 12.6. The average Bonchev–Trinajstić information content (AvgIpc) is 2.43. The SMILES string of the molecule is C=c1ccc2c(c1Sc1ccncc1)C(=O)N=C(N)N=2. The summed E-state index contributed by atoms with van der Waals surface area (Å²) in [5.41, 5.74) is 5.96. The standard InChI is InChI=1S/C14H10N4OS/c1-8-2-3-10-11(13(19)18-14(15)17-10)12(8)20-9-4-6-16-7-5-9/h2-7H,1H2,(H2,15,18,19). The molecule has 0 saturated carbocycles. The van der Waals surface area contributed by atoms with Gasteiger partial charge in [0, 0.05) is 22.2 Å². The molecule has 5 nitrogen and oxygen atoms in total. The van der Waals surface area contributed by atoms with Crippen molar-refractivity contribution in [1.82, 2.24) is 4.98 Å². The first-order chi connectivity index (χ1) is 9.65. The summed E-state index contributed by atoms with van der Waals surface area (Å²) in [5, 5.41) is 1.29. The molecule has 0 fully saturated rings. The van der Waals surface area contributed by atoms with Gasteiger partial charge in [0.2, 0.25) is 5.96 Å². The van der Waals surface area contributed by atoms with Gasteiger partial charge in [-0.25, -0.2) is 4.99 Å². The Morgan fingerprint density at radius 3 is 2.60 bits per heavy atom. The van der Waals surface area contributed by atoms with Crippen LogP contribution in [0.25, 0.3) is 6.58 Å². The second-order valence-corrected chi connectivity index (χ2v) is 5.20. The quantitative estimate of drug-likeness (QED) is 0.880. The van der Waals surface area contributed by atoms with Crippen molar-refractivity contribution in [3.63, 3.8) is 0 Å². The topological polar surface area (TPSA) is 80.7 Å². The van der Waals surface area contributed by atoms with Crippen LogP contribution in [-0.2, 0) is 0 Å². The fraction of sp³-hybridized carbons (Fsp3) is 0. The Hall–Kier alpha value is -2.47. The summed E-state index contributed by atoms with van der Waals surface area (Å²) in [5.74, 6) is -0.395. The Kier molecular flexibility index (Phi) is 3.08. The van der Waals surface area contributed by atoms with Gasteiger partial charge in [-0.2, -0.15) is 4.99 Å². The summed E-state index contributed by atoms with van der Waals surface area (Å²) in [7, 11) is 0. The number of carbonyl (C=O) groups excluding carboxylic acids is 1. The monoisotopic (exact) mass is 282 g/mol. The zero-order valence-electron chi connectivity index (χ0n) is 10.4. The minimum atomic E-state index is -0.380. The minimum Gasteiger partial charge on any atom is -0.368 e. The minimum absolute atomic E-state index is 0.0147. The predicted molar refractivity (Wildman–Crippen MR) is 77.1 cm³/mol. The second-order valence-electron chi connectivity index (χ2n) is 4.12. The normalized spacial score (nSPS) is 13.4. The zero-order valence-corrected chi connectivity index (χ0v) is 11.2. The number of benzene rings is 1. The lowest BCUT2D eigenvalue weighted by molar-refractivity contribution is 0.0997. The van der Waals surface area contributed by atoms with Gasteiger partial charge in [-0.15, -0.1) is 0 Å². The molecule has 2 N–H and O–H groups in total. The number of pyridine rings is 1. The van der Waals surface area contributed by atoms with Crippen molar-refractivity contribution in [2.45, 2.75) is 9.79 Å². The van der Waals surface area contributed by atoms with Crippen molar-refractivity contribution >= 4 is 30.2 Å². The van der Waals surface area contributed by atoms with Crippen LogP contribution in [0.1, 0.15) is 10.4 Å². The van der Waals surface area contributed by atoms with E-state index in [1.807, 2.05) is 18.2 Å². The molecular formula is C14H10N4OS. The number of fused-ring (bicyclic) bond motifs is 1. The number of nitrogens with two attached hydrogens (primary N) is 1. The highest BCUT2D eigenvalue weighted by Crippen LogP contribution is 2.26. The van der Waals surface area contributed by atoms with Crippen LogP contribution in [-0.4, -0.2) is 16.9 Å². The molecule has 1 aromatic carbocycles. The van der Waals surface area contributed by atoms with Crippen molar-refractivity contribution in [3.8, 4) is 0 Å². The lowest BCUT2D eigenvalue weighted by Crippen LogP contribution is -2.29. The molecule has 98 valence electrons. The van der Waals surface area contributed by atoms with E-state index >= 15 is 0 Å². The molecule has 1 aliphatic heterocycles. The molecule has 6 heteroatoms. The fourth-order valence-corrected chi connectivity index (χ4v) is 2.85. The van der Waals surface area contributed by atoms with E-state index in [1.54, 1.807) is 18.5 Å². The highest BCUT2D eigenvalue weighted by atomic mass is 32.2. The molecule has 1 aliphatic rings. The number of rotatable bonds is 2. The maximum atomic E-state index is 12.1. The number of amides is 1. The van der Waals surface area contributed by atoms with Gasteiger partial charge in [0.1, 0.15) is 0 Å². The van der Waals surface area contributed by atoms with Crippen LogP contribution in [0.15, 0.2) is 56.4 Å². The Bertz CT molecular complexity index is 830. The molecule has 1 amide bonds. The number of hydrogen-bond acceptors (Lipinski definition) is 5. The fourth-order valence-electron chi connectivity index (χ4n) is 1.86. The lowest BCUT2D eigenvalue weighted by Gasteiger charge is -2.10. The number of guanidine groups is 1. The molecule has 3 rings (SSSR count). The van der Waals surface area contributed by atoms with Crippen LogP contribution < -0.4 is 16.3 Å². The molecule has 0 atom stereocenters. The number of hydrogen-bond donors (Lipinski definition) is 1. The molecular weight excluding hydrogens is 272 g/mol. The van der Waals surface area contributed by atoms with Crippen molar-refractivity contribution in [2.24, 2.45) is 15.7 Å². The third kappa shape index (κ3) is 2.21. The van der Waals surface area contributed by atoms with Crippen molar-refractivity contribution in [1.29, 1.82) is 0 Å². The lowest BCUT2D eigenvalue weighted by atomic mass is 10.1. The third-order valence-corrected chi connectivity index (χ3v) is 3.93. The molecule has 1 aromatic heterocycles. The van der Waals surface area contributed by atoms with E-state index in [-0.39, 0.29) is 11.9 Å². The Labute approximate surface area is 119 Å². The average molecular weight is 282 g/mol. The Morgan fingerprint density at radius 1 is 1.10 bits per heavy atom. The van der Waals surface area contributed by atoms with E-state index in [0.29, 0.717) is 10.9 Å². The molecule has 2 aromatic rings.